The van der Waals surface area contributed by atoms with E-state index in [-0.39, 0.29) is 11.1 Å². The highest BCUT2D eigenvalue weighted by Crippen LogP contribution is 2.52. The SMILES string of the molecule is [2H]C([2H])([2H])c1c[n+](C)c(-c2c(C)c3c(c4c2Cc2ccccc2-4)Cc2ccccc2-3)cc1C([2H])([2H])C(C)(C)C. The molecular weight excluding hydrogens is 410 g/mol. The monoisotopic (exact) mass is 449 g/mol. The molecule has 2 aliphatic rings. The van der Waals surface area contributed by atoms with Crippen LogP contribution in [0.5, 0.6) is 0 Å². The molecule has 0 spiro atoms. The second kappa shape index (κ2) is 7.40. The third-order valence-corrected chi connectivity index (χ3v) is 7.30. The lowest BCUT2D eigenvalue weighted by atomic mass is 9.83. The molecule has 0 saturated heterocycles. The molecule has 0 atom stereocenters. The largest absolute Gasteiger partial charge is 0.213 e. The fourth-order valence-electron chi connectivity index (χ4n) is 6.02. The highest BCUT2D eigenvalue weighted by molar-refractivity contribution is 5.97. The molecule has 0 aliphatic heterocycles. The average molecular weight is 450 g/mol. The molecule has 0 fully saturated rings. The number of hydrogen-bond acceptors (Lipinski definition) is 0. The van der Waals surface area contributed by atoms with E-state index in [1.54, 1.807) is 6.20 Å². The van der Waals surface area contributed by atoms with Crippen molar-refractivity contribution in [1.82, 2.24) is 0 Å². The lowest BCUT2D eigenvalue weighted by Gasteiger charge is -2.21. The van der Waals surface area contributed by atoms with Crippen molar-refractivity contribution in [2.75, 3.05) is 0 Å². The molecule has 170 valence electrons. The Bertz CT molecular complexity index is 1670. The van der Waals surface area contributed by atoms with Crippen LogP contribution < -0.4 is 4.57 Å². The highest BCUT2D eigenvalue weighted by Gasteiger charge is 2.35. The molecule has 34 heavy (non-hydrogen) atoms. The Morgan fingerprint density at radius 2 is 1.47 bits per heavy atom. The summed E-state index contributed by atoms with van der Waals surface area (Å²) in [5.41, 5.74) is 12.9. The number of fused-ring (bicyclic) bond motifs is 7. The van der Waals surface area contributed by atoms with E-state index >= 15 is 0 Å². The smallest absolute Gasteiger partial charge is 0.201 e. The molecular formula is C33H34N+. The standard InChI is InChI=1S/C33H34N/c1-20-19-34(6)29(17-24(20)18-33(3,4)5)31-21(2)30-25-13-9-7-11-22(25)15-27(30)32-26-14-10-8-12-23(26)16-28(31)32/h7-14,17,19H,15-16,18H2,1-6H3/q+1/i1D3,18D2. The summed E-state index contributed by atoms with van der Waals surface area (Å²) in [6, 6.07) is 19.0. The Morgan fingerprint density at radius 3 is 2.09 bits per heavy atom. The summed E-state index contributed by atoms with van der Waals surface area (Å²) < 4.78 is 44.9. The van der Waals surface area contributed by atoms with E-state index in [0.717, 1.165) is 24.1 Å². The minimum absolute atomic E-state index is 0.0674. The summed E-state index contributed by atoms with van der Waals surface area (Å²) >= 11 is 0. The lowest BCUT2D eigenvalue weighted by molar-refractivity contribution is -0.660. The van der Waals surface area contributed by atoms with Crippen molar-refractivity contribution < 1.29 is 11.4 Å². The number of pyridine rings is 1. The van der Waals surface area contributed by atoms with Crippen molar-refractivity contribution in [2.45, 2.75) is 53.8 Å². The average Bonchev–Trinajstić information content (AvgIpc) is 3.42. The van der Waals surface area contributed by atoms with Crippen LogP contribution in [0.25, 0.3) is 33.5 Å². The summed E-state index contributed by atoms with van der Waals surface area (Å²) in [6.07, 6.45) is 1.47. The van der Waals surface area contributed by atoms with Gasteiger partial charge < -0.3 is 0 Å². The molecule has 0 bridgehead atoms. The van der Waals surface area contributed by atoms with Crippen molar-refractivity contribution in [3.05, 3.63) is 99.7 Å². The van der Waals surface area contributed by atoms with Crippen molar-refractivity contribution in [3.63, 3.8) is 0 Å². The van der Waals surface area contributed by atoms with Gasteiger partial charge >= 0.3 is 0 Å². The molecule has 3 aromatic carbocycles. The summed E-state index contributed by atoms with van der Waals surface area (Å²) in [7, 11) is 1.89. The predicted molar refractivity (Wildman–Crippen MR) is 142 cm³/mol. The fraction of sp³-hybridized carbons (Fsp3) is 0.303. The van der Waals surface area contributed by atoms with E-state index < -0.39 is 18.6 Å². The van der Waals surface area contributed by atoms with Gasteiger partial charge in [0.05, 0.1) is 5.56 Å². The number of hydrogen-bond donors (Lipinski definition) is 0. The van der Waals surface area contributed by atoms with Gasteiger partial charge in [-0.2, -0.15) is 0 Å². The summed E-state index contributed by atoms with van der Waals surface area (Å²) in [6.45, 7) is 5.22. The van der Waals surface area contributed by atoms with E-state index in [0.29, 0.717) is 0 Å². The van der Waals surface area contributed by atoms with Gasteiger partial charge in [0.15, 0.2) is 6.20 Å². The molecule has 1 nitrogen and oxygen atoms in total. The zero-order chi connectivity index (χ0) is 28.1. The van der Waals surface area contributed by atoms with Gasteiger partial charge in [0, 0.05) is 18.5 Å². The van der Waals surface area contributed by atoms with Crippen LogP contribution in [0, 0.1) is 19.2 Å². The van der Waals surface area contributed by atoms with E-state index in [9.17, 15) is 0 Å². The zero-order valence-corrected chi connectivity index (χ0v) is 20.6. The van der Waals surface area contributed by atoms with Gasteiger partial charge in [-0.3, -0.25) is 0 Å². The van der Waals surface area contributed by atoms with Crippen molar-refractivity contribution in [3.8, 4) is 33.5 Å². The van der Waals surface area contributed by atoms with Crippen LogP contribution in [0.2, 0.25) is 0 Å². The van der Waals surface area contributed by atoms with Crippen molar-refractivity contribution in [1.29, 1.82) is 0 Å². The Labute approximate surface area is 211 Å². The van der Waals surface area contributed by atoms with Gasteiger partial charge in [0.1, 0.15) is 7.05 Å². The van der Waals surface area contributed by atoms with Gasteiger partial charge in [-0.15, -0.1) is 0 Å². The van der Waals surface area contributed by atoms with Crippen molar-refractivity contribution >= 4 is 0 Å². The zero-order valence-electron chi connectivity index (χ0n) is 25.6. The van der Waals surface area contributed by atoms with Crippen LogP contribution in [0.15, 0.2) is 60.8 Å². The Balaban J connectivity index is 1.72. The first-order chi connectivity index (χ1) is 18.2. The first-order valence-electron chi connectivity index (χ1n) is 14.6. The normalized spacial score (nSPS) is 16.4. The summed E-state index contributed by atoms with van der Waals surface area (Å²) in [5.74, 6) is 0. The molecule has 1 heterocycles. The predicted octanol–water partition coefficient (Wildman–Crippen LogP) is 7.53. The number of aromatic nitrogens is 1. The molecule has 6 rings (SSSR count). The number of nitrogens with zero attached hydrogens (tertiary/aromatic N) is 1. The van der Waals surface area contributed by atoms with Crippen LogP contribution in [0.1, 0.15) is 66.6 Å². The van der Waals surface area contributed by atoms with Crippen LogP contribution >= 0.6 is 0 Å². The van der Waals surface area contributed by atoms with Crippen LogP contribution in [0.4, 0.5) is 0 Å². The molecule has 0 saturated carbocycles. The minimum Gasteiger partial charge on any atom is -0.201 e. The molecule has 1 heteroatoms. The summed E-state index contributed by atoms with van der Waals surface area (Å²) in [5, 5.41) is 0. The van der Waals surface area contributed by atoms with E-state index in [4.69, 9.17) is 6.85 Å². The van der Waals surface area contributed by atoms with E-state index in [1.807, 2.05) is 38.5 Å². The van der Waals surface area contributed by atoms with Gasteiger partial charge in [0.2, 0.25) is 5.69 Å². The van der Waals surface area contributed by atoms with Gasteiger partial charge in [-0.05, 0) is 94.0 Å². The van der Waals surface area contributed by atoms with E-state index in [1.165, 1.54) is 50.1 Å². The topological polar surface area (TPSA) is 3.88 Å². The highest BCUT2D eigenvalue weighted by atomic mass is 14.9. The Hall–Kier alpha value is -3.19. The summed E-state index contributed by atoms with van der Waals surface area (Å²) in [4.78, 5) is 0. The van der Waals surface area contributed by atoms with Gasteiger partial charge in [-0.1, -0.05) is 69.3 Å². The Morgan fingerprint density at radius 1 is 0.882 bits per heavy atom. The first-order valence-corrected chi connectivity index (χ1v) is 12.1. The number of rotatable bonds is 2. The van der Waals surface area contributed by atoms with Crippen molar-refractivity contribution in [2.24, 2.45) is 12.5 Å². The van der Waals surface area contributed by atoms with Crippen LogP contribution in [-0.4, -0.2) is 0 Å². The minimum atomic E-state index is -2.44. The van der Waals surface area contributed by atoms with Crippen LogP contribution in [0.3, 0.4) is 0 Å². The molecule has 2 aliphatic carbocycles. The lowest BCUT2D eigenvalue weighted by Crippen LogP contribution is -2.32. The number of aryl methyl sites for hydroxylation is 2. The molecule has 0 unspecified atom stereocenters. The molecule has 0 N–H and O–H groups in total. The molecule has 4 aromatic rings. The van der Waals surface area contributed by atoms with E-state index in [2.05, 4.69) is 55.5 Å². The second-order valence-electron chi connectivity index (χ2n) is 10.8. The van der Waals surface area contributed by atoms with Crippen LogP contribution in [-0.2, 0) is 26.3 Å². The third-order valence-electron chi connectivity index (χ3n) is 7.30. The first kappa shape index (κ1) is 16.4. The molecule has 0 radical (unpaired) electrons. The van der Waals surface area contributed by atoms with Gasteiger partial charge in [-0.25, -0.2) is 4.57 Å². The second-order valence-corrected chi connectivity index (χ2v) is 10.8. The maximum absolute atomic E-state index is 9.11. The maximum atomic E-state index is 9.11. The molecule has 0 amide bonds. The maximum Gasteiger partial charge on any atom is 0.213 e. The third kappa shape index (κ3) is 3.17. The van der Waals surface area contributed by atoms with Gasteiger partial charge in [0.25, 0.3) is 0 Å². The Kier molecular flexibility index (Phi) is 3.58. The molecule has 1 aromatic heterocycles. The number of benzene rings is 3. The quantitative estimate of drug-likeness (QED) is 0.241. The fourth-order valence-corrected chi connectivity index (χ4v) is 6.02.